The van der Waals surface area contributed by atoms with E-state index in [9.17, 15) is 12.8 Å². The van der Waals surface area contributed by atoms with Crippen LogP contribution in [0.3, 0.4) is 0 Å². The van der Waals surface area contributed by atoms with Gasteiger partial charge in [0.05, 0.1) is 24.6 Å². The Morgan fingerprint density at radius 2 is 1.90 bits per heavy atom. The smallest absolute Gasteiger partial charge is 0.214 e. The highest BCUT2D eigenvalue weighted by Gasteiger charge is 2.39. The second kappa shape index (κ2) is 10.1. The largest absolute Gasteiger partial charge is 0.493 e. The summed E-state index contributed by atoms with van der Waals surface area (Å²) in [6, 6.07) is 4.95. The molecule has 1 heterocycles. The van der Waals surface area contributed by atoms with Gasteiger partial charge in [-0.05, 0) is 82.9 Å². The van der Waals surface area contributed by atoms with Crippen LogP contribution < -0.4 is 14.8 Å². The van der Waals surface area contributed by atoms with Gasteiger partial charge in [0, 0.05) is 17.6 Å². The van der Waals surface area contributed by atoms with Gasteiger partial charge in [0.25, 0.3) is 0 Å². The minimum Gasteiger partial charge on any atom is -0.493 e. The number of halogens is 1. The molecule has 2 atom stereocenters. The fourth-order valence-electron chi connectivity index (χ4n) is 4.91. The van der Waals surface area contributed by atoms with Gasteiger partial charge in [0.15, 0.2) is 0 Å². The molecule has 3 fully saturated rings. The van der Waals surface area contributed by atoms with E-state index in [0.29, 0.717) is 24.5 Å². The molecule has 8 heteroatoms. The molecule has 174 valence electrons. The Kier molecular flexibility index (Phi) is 7.52. The highest BCUT2D eigenvalue weighted by atomic mass is 32.2. The molecule has 1 aromatic carbocycles. The number of hydrogen-bond donors (Lipinski definition) is 2. The second-order valence-electron chi connectivity index (χ2n) is 9.06. The van der Waals surface area contributed by atoms with Gasteiger partial charge in [-0.25, -0.2) is 17.5 Å². The molecule has 0 radical (unpaired) electrons. The van der Waals surface area contributed by atoms with Gasteiger partial charge < -0.3 is 14.8 Å². The van der Waals surface area contributed by atoms with Crippen LogP contribution in [0.2, 0.25) is 0 Å². The molecule has 2 saturated carbocycles. The van der Waals surface area contributed by atoms with Gasteiger partial charge in [-0.15, -0.1) is 0 Å². The summed E-state index contributed by atoms with van der Waals surface area (Å²) in [5.41, 5.74) is 0.700. The van der Waals surface area contributed by atoms with Crippen molar-refractivity contribution in [2.24, 2.45) is 0 Å². The number of benzene rings is 1. The van der Waals surface area contributed by atoms with Crippen LogP contribution in [0.15, 0.2) is 18.2 Å². The molecule has 1 saturated heterocycles. The van der Waals surface area contributed by atoms with Gasteiger partial charge in [0.1, 0.15) is 11.6 Å². The zero-order valence-electron chi connectivity index (χ0n) is 18.3. The molecule has 2 aliphatic carbocycles. The summed E-state index contributed by atoms with van der Waals surface area (Å²) in [6.07, 6.45) is 6.94. The Labute approximate surface area is 185 Å². The number of rotatable bonds is 9. The molecule has 4 rings (SSSR count). The van der Waals surface area contributed by atoms with Gasteiger partial charge in [-0.1, -0.05) is 6.07 Å². The first-order valence-electron chi connectivity index (χ1n) is 11.7. The van der Waals surface area contributed by atoms with E-state index in [0.717, 1.165) is 57.9 Å². The Balaban J connectivity index is 1.29. The zero-order chi connectivity index (χ0) is 21.8. The van der Waals surface area contributed by atoms with E-state index in [1.54, 1.807) is 6.07 Å². The predicted molar refractivity (Wildman–Crippen MR) is 118 cm³/mol. The molecule has 0 bridgehead atoms. The SMILES string of the molecule is CCOc1cccc(F)c1[C@H]1CC[C@@H](OC[C@@H]2NCCC[C@@H]2NS(=O)(=O)C2CC2)CC1. The molecule has 1 aliphatic heterocycles. The fraction of sp³-hybridized carbons (Fsp3) is 0.739. The van der Waals surface area contributed by atoms with Gasteiger partial charge in [0.2, 0.25) is 10.0 Å². The second-order valence-corrected chi connectivity index (χ2v) is 11.1. The highest BCUT2D eigenvalue weighted by molar-refractivity contribution is 7.90. The molecule has 0 unspecified atom stereocenters. The first-order chi connectivity index (χ1) is 15.0. The van der Waals surface area contributed by atoms with Crippen LogP contribution in [0.25, 0.3) is 0 Å². The van der Waals surface area contributed by atoms with Crippen LogP contribution in [-0.4, -0.2) is 51.6 Å². The van der Waals surface area contributed by atoms with Crippen LogP contribution in [0.4, 0.5) is 4.39 Å². The van der Waals surface area contributed by atoms with E-state index in [1.807, 2.05) is 13.0 Å². The highest BCUT2D eigenvalue weighted by Crippen LogP contribution is 2.40. The molecular formula is C23H35FN2O4S. The normalized spacial score (nSPS) is 29.6. The van der Waals surface area contributed by atoms with Crippen molar-refractivity contribution in [3.8, 4) is 5.75 Å². The number of ether oxygens (including phenoxy) is 2. The maximum absolute atomic E-state index is 14.5. The van der Waals surface area contributed by atoms with Gasteiger partial charge in [-0.2, -0.15) is 0 Å². The van der Waals surface area contributed by atoms with Gasteiger partial charge >= 0.3 is 0 Å². The summed E-state index contributed by atoms with van der Waals surface area (Å²) in [4.78, 5) is 0. The summed E-state index contributed by atoms with van der Waals surface area (Å²) >= 11 is 0. The van der Waals surface area contributed by atoms with Crippen molar-refractivity contribution in [3.05, 3.63) is 29.6 Å². The van der Waals surface area contributed by atoms with Crippen molar-refractivity contribution in [1.82, 2.24) is 10.0 Å². The van der Waals surface area contributed by atoms with E-state index >= 15 is 0 Å². The zero-order valence-corrected chi connectivity index (χ0v) is 19.1. The minimum absolute atomic E-state index is 0.00359. The Bertz CT molecular complexity index is 838. The van der Waals surface area contributed by atoms with Crippen molar-refractivity contribution in [2.45, 2.75) is 87.6 Å². The maximum atomic E-state index is 14.5. The number of sulfonamides is 1. The van der Waals surface area contributed by atoms with Crippen LogP contribution in [-0.2, 0) is 14.8 Å². The molecule has 31 heavy (non-hydrogen) atoms. The summed E-state index contributed by atoms with van der Waals surface area (Å²) in [5.74, 6) is 0.616. The number of piperidine rings is 1. The van der Waals surface area contributed by atoms with Gasteiger partial charge in [-0.3, -0.25) is 0 Å². The lowest BCUT2D eigenvalue weighted by atomic mass is 9.82. The Hall–Kier alpha value is -1.22. The summed E-state index contributed by atoms with van der Waals surface area (Å²) in [6.45, 7) is 3.82. The average Bonchev–Trinajstić information content (AvgIpc) is 3.60. The van der Waals surface area contributed by atoms with Crippen LogP contribution >= 0.6 is 0 Å². The quantitative estimate of drug-likeness (QED) is 0.598. The third-order valence-corrected chi connectivity index (χ3v) is 8.75. The van der Waals surface area contributed by atoms with Crippen molar-refractivity contribution >= 4 is 10.0 Å². The monoisotopic (exact) mass is 454 g/mol. The maximum Gasteiger partial charge on any atom is 0.214 e. The standard InChI is InChI=1S/C23H35FN2O4S/c1-2-29-22-7-3-5-19(24)23(22)16-8-10-17(11-9-16)30-15-21-20(6-4-14-25-21)26-31(27,28)18-12-13-18/h3,5,7,16-18,20-21,25-26H,2,4,6,8-15H2,1H3/t16-,17+,20-,21-/m0/s1. The first kappa shape index (κ1) is 23.0. The lowest BCUT2D eigenvalue weighted by Crippen LogP contribution is -2.56. The van der Waals surface area contributed by atoms with Crippen molar-refractivity contribution < 1.29 is 22.3 Å². The molecule has 1 aromatic rings. The van der Waals surface area contributed by atoms with Crippen molar-refractivity contribution in [2.75, 3.05) is 19.8 Å². The molecule has 6 nitrogen and oxygen atoms in total. The van der Waals surface area contributed by atoms with E-state index in [4.69, 9.17) is 9.47 Å². The van der Waals surface area contributed by atoms with E-state index in [1.165, 1.54) is 6.07 Å². The van der Waals surface area contributed by atoms with Crippen LogP contribution in [0.1, 0.15) is 69.8 Å². The summed E-state index contributed by atoms with van der Waals surface area (Å²) in [7, 11) is -3.21. The lowest BCUT2D eigenvalue weighted by Gasteiger charge is -2.35. The summed E-state index contributed by atoms with van der Waals surface area (Å²) in [5, 5.41) is 3.23. The van der Waals surface area contributed by atoms with E-state index in [-0.39, 0.29) is 35.2 Å². The number of hydrogen-bond acceptors (Lipinski definition) is 5. The average molecular weight is 455 g/mol. The predicted octanol–water partition coefficient (Wildman–Crippen LogP) is 3.47. The molecular weight excluding hydrogens is 419 g/mol. The molecule has 2 N–H and O–H groups in total. The topological polar surface area (TPSA) is 76.7 Å². The fourth-order valence-corrected chi connectivity index (χ4v) is 6.56. The Morgan fingerprint density at radius 1 is 1.13 bits per heavy atom. The molecule has 0 spiro atoms. The third-order valence-electron chi connectivity index (χ3n) is 6.77. The van der Waals surface area contributed by atoms with Crippen molar-refractivity contribution in [1.29, 1.82) is 0 Å². The third kappa shape index (κ3) is 5.78. The molecule has 3 aliphatic rings. The molecule has 0 amide bonds. The van der Waals surface area contributed by atoms with E-state index < -0.39 is 10.0 Å². The number of nitrogens with one attached hydrogen (secondary N) is 2. The van der Waals surface area contributed by atoms with E-state index in [2.05, 4.69) is 10.0 Å². The molecule has 0 aromatic heterocycles. The minimum atomic E-state index is -3.21. The Morgan fingerprint density at radius 3 is 2.61 bits per heavy atom. The lowest BCUT2D eigenvalue weighted by molar-refractivity contribution is 0.00491. The van der Waals surface area contributed by atoms with Crippen LogP contribution in [0.5, 0.6) is 5.75 Å². The van der Waals surface area contributed by atoms with Crippen LogP contribution in [0, 0.1) is 5.82 Å². The summed E-state index contributed by atoms with van der Waals surface area (Å²) < 4.78 is 54.0. The first-order valence-corrected chi connectivity index (χ1v) is 13.3. The van der Waals surface area contributed by atoms with Crippen molar-refractivity contribution in [3.63, 3.8) is 0 Å².